The highest BCUT2D eigenvalue weighted by atomic mass is 79.9. The van der Waals surface area contributed by atoms with Crippen molar-refractivity contribution >= 4 is 27.5 Å². The van der Waals surface area contributed by atoms with E-state index in [1.54, 1.807) is 19.2 Å². The minimum Gasteiger partial charge on any atom is -0.490 e. The Morgan fingerprint density at radius 2 is 2.24 bits per heavy atom. The molecule has 0 radical (unpaired) electrons. The first kappa shape index (κ1) is 12.6. The lowest BCUT2D eigenvalue weighted by Gasteiger charge is -2.20. The molecular weight excluding hydrogens is 336 g/mol. The number of hydrogen-bond donors (Lipinski definition) is 1. The van der Waals surface area contributed by atoms with Crippen LogP contribution >= 0.6 is 15.9 Å². The average molecular weight is 347 g/mol. The highest BCUT2D eigenvalue weighted by molar-refractivity contribution is 9.10. The van der Waals surface area contributed by atoms with Crippen molar-refractivity contribution in [3.05, 3.63) is 46.1 Å². The van der Waals surface area contributed by atoms with Gasteiger partial charge in [0.05, 0.1) is 7.11 Å². The van der Waals surface area contributed by atoms with E-state index in [2.05, 4.69) is 26.2 Å². The van der Waals surface area contributed by atoms with Crippen LogP contribution < -0.4 is 14.8 Å². The van der Waals surface area contributed by atoms with Gasteiger partial charge in [-0.25, -0.2) is 4.98 Å². The third-order valence-corrected chi connectivity index (χ3v) is 4.63. The number of pyridine rings is 1. The first-order valence-electron chi connectivity index (χ1n) is 6.45. The summed E-state index contributed by atoms with van der Waals surface area (Å²) in [4.78, 5) is 17.1. The number of hydrogen-bond acceptors (Lipinski definition) is 4. The molecule has 1 atom stereocenters. The maximum Gasteiger partial charge on any atom is 0.244 e. The number of amides is 1. The molecule has 1 aromatic heterocycles. The number of carbonyl (C=O) groups excluding carboxylic acids is 1. The van der Waals surface area contributed by atoms with Gasteiger partial charge in [0.15, 0.2) is 5.41 Å². The molecule has 3 heterocycles. The van der Waals surface area contributed by atoms with Crippen molar-refractivity contribution in [3.63, 3.8) is 0 Å². The molecule has 0 saturated carbocycles. The molecule has 2 aliphatic heterocycles. The number of methoxy groups -OCH3 is 1. The number of anilines is 1. The van der Waals surface area contributed by atoms with E-state index in [9.17, 15) is 4.79 Å². The Bertz CT molecular complexity index is 778. The van der Waals surface area contributed by atoms with Gasteiger partial charge in [0, 0.05) is 21.8 Å². The Labute approximate surface area is 129 Å². The predicted octanol–water partition coefficient (Wildman–Crippen LogP) is 2.48. The van der Waals surface area contributed by atoms with Gasteiger partial charge in [-0.3, -0.25) is 4.79 Å². The molecule has 5 nitrogen and oxygen atoms in total. The molecule has 1 N–H and O–H groups in total. The van der Waals surface area contributed by atoms with Crippen LogP contribution in [0.15, 0.2) is 34.8 Å². The first-order chi connectivity index (χ1) is 10.2. The zero-order chi connectivity index (χ0) is 14.6. The monoisotopic (exact) mass is 346 g/mol. The van der Waals surface area contributed by atoms with Gasteiger partial charge in [-0.2, -0.15) is 0 Å². The van der Waals surface area contributed by atoms with Crippen LogP contribution in [0.25, 0.3) is 0 Å². The SMILES string of the molecule is COc1ccc2c(n1)C1(CO2)C(=O)Nc2cccc(Br)c21. The molecule has 1 unspecified atom stereocenters. The summed E-state index contributed by atoms with van der Waals surface area (Å²) in [5.74, 6) is 0.963. The van der Waals surface area contributed by atoms with E-state index in [-0.39, 0.29) is 12.5 Å². The molecule has 2 aromatic rings. The molecule has 1 spiro atoms. The number of halogens is 1. The van der Waals surface area contributed by atoms with Crippen molar-refractivity contribution in [2.75, 3.05) is 19.0 Å². The molecule has 0 bridgehead atoms. The topological polar surface area (TPSA) is 60.5 Å². The van der Waals surface area contributed by atoms with Crippen LogP contribution in [0.1, 0.15) is 11.3 Å². The molecule has 1 amide bonds. The van der Waals surface area contributed by atoms with Crippen LogP contribution in [0.2, 0.25) is 0 Å². The van der Waals surface area contributed by atoms with Gasteiger partial charge in [-0.1, -0.05) is 22.0 Å². The number of rotatable bonds is 1. The third kappa shape index (κ3) is 1.51. The molecule has 4 rings (SSSR count). The normalized spacial score (nSPS) is 21.7. The number of benzene rings is 1. The van der Waals surface area contributed by atoms with Crippen LogP contribution in [0.5, 0.6) is 11.6 Å². The fourth-order valence-corrected chi connectivity index (χ4v) is 3.69. The molecule has 106 valence electrons. The lowest BCUT2D eigenvalue weighted by molar-refractivity contribution is -0.119. The van der Waals surface area contributed by atoms with Crippen LogP contribution in [0.4, 0.5) is 5.69 Å². The maximum absolute atomic E-state index is 12.7. The minimum atomic E-state index is -0.917. The first-order valence-corrected chi connectivity index (χ1v) is 7.25. The summed E-state index contributed by atoms with van der Waals surface area (Å²) >= 11 is 3.54. The largest absolute Gasteiger partial charge is 0.490 e. The second-order valence-electron chi connectivity index (χ2n) is 5.01. The summed E-state index contributed by atoms with van der Waals surface area (Å²) in [6.45, 7) is 0.240. The Hall–Kier alpha value is -2.08. The van der Waals surface area contributed by atoms with E-state index >= 15 is 0 Å². The Morgan fingerprint density at radius 1 is 1.38 bits per heavy atom. The predicted molar refractivity (Wildman–Crippen MR) is 79.8 cm³/mol. The molecule has 0 fully saturated rings. The van der Waals surface area contributed by atoms with Gasteiger partial charge in [0.25, 0.3) is 0 Å². The zero-order valence-electron chi connectivity index (χ0n) is 11.1. The van der Waals surface area contributed by atoms with E-state index < -0.39 is 5.41 Å². The Morgan fingerprint density at radius 3 is 3.05 bits per heavy atom. The second-order valence-corrected chi connectivity index (χ2v) is 5.87. The fraction of sp³-hybridized carbons (Fsp3) is 0.200. The lowest BCUT2D eigenvalue weighted by Crippen LogP contribution is -2.38. The molecule has 0 saturated heterocycles. The van der Waals surface area contributed by atoms with Crippen molar-refractivity contribution in [3.8, 4) is 11.6 Å². The number of fused-ring (bicyclic) bond motifs is 4. The summed E-state index contributed by atoms with van der Waals surface area (Å²) in [5.41, 5.74) is 1.34. The van der Waals surface area contributed by atoms with Crippen LogP contribution in [-0.4, -0.2) is 24.6 Å². The summed E-state index contributed by atoms with van der Waals surface area (Å²) in [7, 11) is 1.55. The van der Waals surface area contributed by atoms with E-state index in [1.165, 1.54) is 0 Å². The van der Waals surface area contributed by atoms with Crippen LogP contribution in [0.3, 0.4) is 0 Å². The second kappa shape index (κ2) is 4.21. The Balaban J connectivity index is 2.02. The van der Waals surface area contributed by atoms with Crippen molar-refractivity contribution in [2.24, 2.45) is 0 Å². The van der Waals surface area contributed by atoms with Crippen molar-refractivity contribution in [1.82, 2.24) is 4.98 Å². The molecule has 6 heteroatoms. The number of nitrogens with one attached hydrogen (secondary N) is 1. The van der Waals surface area contributed by atoms with E-state index in [0.29, 0.717) is 17.3 Å². The highest BCUT2D eigenvalue weighted by Crippen LogP contribution is 2.51. The van der Waals surface area contributed by atoms with Gasteiger partial charge in [0.1, 0.15) is 18.1 Å². The van der Waals surface area contributed by atoms with E-state index in [4.69, 9.17) is 9.47 Å². The van der Waals surface area contributed by atoms with Gasteiger partial charge in [-0.05, 0) is 18.2 Å². The van der Waals surface area contributed by atoms with E-state index in [1.807, 2.05) is 18.2 Å². The molecular formula is C15H11BrN2O3. The molecule has 1 aromatic carbocycles. The van der Waals surface area contributed by atoms with Crippen molar-refractivity contribution in [2.45, 2.75) is 5.41 Å². The van der Waals surface area contributed by atoms with Crippen molar-refractivity contribution < 1.29 is 14.3 Å². The molecule has 2 aliphatic rings. The summed E-state index contributed by atoms with van der Waals surface area (Å²) in [6, 6.07) is 9.20. The number of nitrogens with zero attached hydrogens (tertiary/aromatic N) is 1. The zero-order valence-corrected chi connectivity index (χ0v) is 12.7. The van der Waals surface area contributed by atoms with Gasteiger partial charge < -0.3 is 14.8 Å². The van der Waals surface area contributed by atoms with Crippen LogP contribution in [-0.2, 0) is 10.2 Å². The van der Waals surface area contributed by atoms with Crippen LogP contribution in [0, 0.1) is 0 Å². The number of carbonyl (C=O) groups is 1. The summed E-state index contributed by atoms with van der Waals surface area (Å²) < 4.78 is 11.8. The number of aromatic nitrogens is 1. The summed E-state index contributed by atoms with van der Waals surface area (Å²) in [6.07, 6.45) is 0. The highest BCUT2D eigenvalue weighted by Gasteiger charge is 2.56. The van der Waals surface area contributed by atoms with Gasteiger partial charge in [-0.15, -0.1) is 0 Å². The summed E-state index contributed by atoms with van der Waals surface area (Å²) in [5, 5.41) is 2.92. The lowest BCUT2D eigenvalue weighted by atomic mass is 9.80. The smallest absolute Gasteiger partial charge is 0.244 e. The fourth-order valence-electron chi connectivity index (χ4n) is 2.99. The van der Waals surface area contributed by atoms with Gasteiger partial charge >= 0.3 is 0 Å². The number of ether oxygens (including phenoxy) is 2. The standard InChI is InChI=1S/C15H11BrN2O3/c1-20-11-6-5-10-13(18-11)15(7-21-10)12-8(16)3-2-4-9(12)17-14(15)19/h2-6H,7H2,1H3,(H,17,19). The average Bonchev–Trinajstić information content (AvgIpc) is 3.00. The van der Waals surface area contributed by atoms with Crippen molar-refractivity contribution in [1.29, 1.82) is 0 Å². The molecule has 0 aliphatic carbocycles. The Kier molecular flexibility index (Phi) is 2.53. The minimum absolute atomic E-state index is 0.121. The molecule has 21 heavy (non-hydrogen) atoms. The quantitative estimate of drug-likeness (QED) is 0.861. The third-order valence-electron chi connectivity index (χ3n) is 3.97. The maximum atomic E-state index is 12.7. The van der Waals surface area contributed by atoms with E-state index in [0.717, 1.165) is 15.7 Å². The van der Waals surface area contributed by atoms with Gasteiger partial charge in [0.2, 0.25) is 11.8 Å².